The van der Waals surface area contributed by atoms with Crippen LogP contribution in [0.5, 0.6) is 0 Å². The van der Waals surface area contributed by atoms with Crippen molar-refractivity contribution in [2.24, 2.45) is 5.92 Å². The van der Waals surface area contributed by atoms with Crippen molar-refractivity contribution in [1.82, 2.24) is 20.3 Å². The quantitative estimate of drug-likeness (QED) is 0.474. The van der Waals surface area contributed by atoms with Gasteiger partial charge in [-0.3, -0.25) is 4.79 Å². The van der Waals surface area contributed by atoms with Crippen LogP contribution in [0.4, 0.5) is 24.8 Å². The number of nitrogens with one attached hydrogen (secondary N) is 4. The molecule has 3 aromatic rings. The molecular formula is C22H23F3N6O. The topological polar surface area (TPSA) is 94.7 Å². The first-order chi connectivity index (χ1) is 15.4. The van der Waals surface area contributed by atoms with Gasteiger partial charge in [0.2, 0.25) is 11.9 Å². The molecule has 1 saturated carbocycles. The summed E-state index contributed by atoms with van der Waals surface area (Å²) in [5.41, 5.74) is 0.483. The first-order valence-electron chi connectivity index (χ1n) is 10.7. The van der Waals surface area contributed by atoms with Crippen molar-refractivity contribution < 1.29 is 18.0 Å². The van der Waals surface area contributed by atoms with Crippen LogP contribution in [0.15, 0.2) is 30.6 Å². The van der Waals surface area contributed by atoms with Crippen molar-refractivity contribution in [2.75, 3.05) is 23.7 Å². The van der Waals surface area contributed by atoms with E-state index in [1.54, 1.807) is 18.2 Å². The molecule has 1 aliphatic heterocycles. The van der Waals surface area contributed by atoms with Crippen LogP contribution >= 0.6 is 0 Å². The molecule has 2 aromatic heterocycles. The Hall–Kier alpha value is -3.14. The number of fused-ring (bicyclic) bond motifs is 1. The molecule has 1 atom stereocenters. The van der Waals surface area contributed by atoms with E-state index in [9.17, 15) is 18.0 Å². The first-order valence-corrected chi connectivity index (χ1v) is 10.7. The Morgan fingerprint density at radius 1 is 1.19 bits per heavy atom. The molecule has 0 spiro atoms. The van der Waals surface area contributed by atoms with Gasteiger partial charge in [0, 0.05) is 53.1 Å². The van der Waals surface area contributed by atoms with Gasteiger partial charge in [0.05, 0.1) is 5.69 Å². The molecule has 10 heteroatoms. The second-order valence-corrected chi connectivity index (χ2v) is 8.37. The average molecular weight is 444 g/mol. The Morgan fingerprint density at radius 2 is 2.03 bits per heavy atom. The lowest BCUT2D eigenvalue weighted by Crippen LogP contribution is -2.38. The third kappa shape index (κ3) is 4.27. The molecule has 1 amide bonds. The number of amides is 1. The van der Waals surface area contributed by atoms with Crippen LogP contribution < -0.4 is 16.0 Å². The van der Waals surface area contributed by atoms with Gasteiger partial charge in [0.1, 0.15) is 5.56 Å². The Labute approximate surface area is 182 Å². The second-order valence-electron chi connectivity index (χ2n) is 8.37. The molecular weight excluding hydrogens is 421 g/mol. The highest BCUT2D eigenvalue weighted by molar-refractivity contribution is 6.00. The molecule has 1 saturated heterocycles. The largest absolute Gasteiger partial charge is 0.419 e. The number of H-pyrrole nitrogens is 1. The third-order valence-electron chi connectivity index (χ3n) is 5.88. The zero-order valence-electron chi connectivity index (χ0n) is 17.2. The molecule has 4 N–H and O–H groups in total. The van der Waals surface area contributed by atoms with Crippen LogP contribution in [0, 0.1) is 5.92 Å². The van der Waals surface area contributed by atoms with Gasteiger partial charge in [-0.05, 0) is 44.4 Å². The minimum absolute atomic E-state index is 0.0285. The molecule has 1 aromatic carbocycles. The van der Waals surface area contributed by atoms with Gasteiger partial charge >= 0.3 is 6.18 Å². The van der Waals surface area contributed by atoms with Gasteiger partial charge in [-0.1, -0.05) is 6.07 Å². The number of aromatic amines is 1. The molecule has 32 heavy (non-hydrogen) atoms. The number of carbonyl (C=O) groups excluding carboxylic acids is 1. The molecule has 0 bridgehead atoms. The predicted octanol–water partition coefficient (Wildman–Crippen LogP) is 4.16. The summed E-state index contributed by atoms with van der Waals surface area (Å²) < 4.78 is 41.3. The number of anilines is 2. The van der Waals surface area contributed by atoms with Crippen molar-refractivity contribution in [3.63, 3.8) is 0 Å². The molecule has 7 nitrogen and oxygen atoms in total. The monoisotopic (exact) mass is 444 g/mol. The molecule has 3 heterocycles. The fraction of sp³-hybridized carbons (Fsp3) is 0.409. The average Bonchev–Trinajstić information content (AvgIpc) is 3.54. The van der Waals surface area contributed by atoms with E-state index in [-0.39, 0.29) is 29.5 Å². The lowest BCUT2D eigenvalue weighted by molar-refractivity contribution is -0.137. The highest BCUT2D eigenvalue weighted by Crippen LogP contribution is 2.39. The number of hydrogen-bond acceptors (Lipinski definition) is 5. The van der Waals surface area contributed by atoms with Crippen molar-refractivity contribution in [1.29, 1.82) is 0 Å². The summed E-state index contributed by atoms with van der Waals surface area (Å²) in [7, 11) is 0. The molecule has 0 radical (unpaired) electrons. The number of halogens is 3. The van der Waals surface area contributed by atoms with Crippen LogP contribution in [0.25, 0.3) is 22.2 Å². The summed E-state index contributed by atoms with van der Waals surface area (Å²) in [6.07, 6.45) is 1.42. The predicted molar refractivity (Wildman–Crippen MR) is 115 cm³/mol. The summed E-state index contributed by atoms with van der Waals surface area (Å²) in [6, 6.07) is 5.18. The summed E-state index contributed by atoms with van der Waals surface area (Å²) in [4.78, 5) is 23.2. The minimum Gasteiger partial charge on any atom is -0.360 e. The fourth-order valence-corrected chi connectivity index (χ4v) is 4.01. The molecule has 1 aliphatic carbocycles. The third-order valence-corrected chi connectivity index (χ3v) is 5.88. The molecule has 2 fully saturated rings. The van der Waals surface area contributed by atoms with Gasteiger partial charge < -0.3 is 20.9 Å². The maximum absolute atomic E-state index is 13.8. The standard InChI is InChI=1S/C22H23F3N6O/c23-22(24,25)17-11-28-21(30-14-2-1-7-26-9-14)31-19(17)16-10-27-18-8-13(5-6-15(16)18)29-20(32)12-3-4-12/h5-6,8,10-12,14,26-27H,1-4,7,9H2,(H,29,32)(H,28,30,31)/t14-/m0/s1. The summed E-state index contributed by atoms with van der Waals surface area (Å²) in [6.45, 7) is 1.64. The fourth-order valence-electron chi connectivity index (χ4n) is 4.01. The van der Waals surface area contributed by atoms with Crippen molar-refractivity contribution in [3.8, 4) is 11.3 Å². The van der Waals surface area contributed by atoms with Gasteiger partial charge in [-0.2, -0.15) is 13.2 Å². The van der Waals surface area contributed by atoms with Crippen molar-refractivity contribution >= 4 is 28.4 Å². The number of aromatic nitrogens is 3. The van der Waals surface area contributed by atoms with E-state index in [0.717, 1.165) is 38.4 Å². The number of hydrogen-bond donors (Lipinski definition) is 4. The normalized spacial score (nSPS) is 19.2. The molecule has 2 aliphatic rings. The number of nitrogens with zero attached hydrogens (tertiary/aromatic N) is 2. The van der Waals surface area contributed by atoms with E-state index in [0.29, 0.717) is 28.7 Å². The zero-order chi connectivity index (χ0) is 22.3. The molecule has 0 unspecified atom stereocenters. The smallest absolute Gasteiger partial charge is 0.360 e. The highest BCUT2D eigenvalue weighted by Gasteiger charge is 2.36. The number of carbonyl (C=O) groups is 1. The van der Waals surface area contributed by atoms with Crippen LogP contribution in [0.2, 0.25) is 0 Å². The van der Waals surface area contributed by atoms with E-state index in [1.807, 2.05) is 0 Å². The van der Waals surface area contributed by atoms with Crippen LogP contribution in [-0.4, -0.2) is 40.0 Å². The SMILES string of the molecule is O=C(Nc1ccc2c(-c3nc(N[C@H]4CCCNC4)ncc3C(F)(F)F)c[nH]c2c1)C1CC1. The van der Waals surface area contributed by atoms with E-state index in [4.69, 9.17) is 0 Å². The van der Waals surface area contributed by atoms with Crippen LogP contribution in [0.1, 0.15) is 31.2 Å². The zero-order valence-corrected chi connectivity index (χ0v) is 17.2. The second kappa shape index (κ2) is 8.09. The number of piperidine rings is 1. The first kappa shape index (κ1) is 20.7. The lowest BCUT2D eigenvalue weighted by Gasteiger charge is -2.24. The van der Waals surface area contributed by atoms with E-state index < -0.39 is 11.7 Å². The maximum atomic E-state index is 13.8. The van der Waals surface area contributed by atoms with Gasteiger partial charge in [0.25, 0.3) is 0 Å². The van der Waals surface area contributed by atoms with E-state index in [1.165, 1.54) is 6.20 Å². The lowest BCUT2D eigenvalue weighted by atomic mass is 10.1. The Morgan fingerprint density at radius 3 is 2.75 bits per heavy atom. The van der Waals surface area contributed by atoms with Crippen LogP contribution in [-0.2, 0) is 11.0 Å². The summed E-state index contributed by atoms with van der Waals surface area (Å²) in [5.74, 6) is 0.203. The van der Waals surface area contributed by atoms with Gasteiger partial charge in [-0.25, -0.2) is 9.97 Å². The maximum Gasteiger partial charge on any atom is 0.419 e. The summed E-state index contributed by atoms with van der Waals surface area (Å²) >= 11 is 0. The van der Waals surface area contributed by atoms with Gasteiger partial charge in [0.15, 0.2) is 0 Å². The Balaban J connectivity index is 1.49. The van der Waals surface area contributed by atoms with E-state index >= 15 is 0 Å². The number of alkyl halides is 3. The van der Waals surface area contributed by atoms with Crippen molar-refractivity contribution in [3.05, 3.63) is 36.2 Å². The molecule has 168 valence electrons. The number of benzene rings is 1. The highest BCUT2D eigenvalue weighted by atomic mass is 19.4. The Kier molecular flexibility index (Phi) is 5.24. The minimum atomic E-state index is -4.60. The van der Waals surface area contributed by atoms with Crippen LogP contribution in [0.3, 0.4) is 0 Å². The number of rotatable bonds is 5. The van der Waals surface area contributed by atoms with E-state index in [2.05, 4.69) is 30.9 Å². The van der Waals surface area contributed by atoms with Crippen molar-refractivity contribution in [2.45, 2.75) is 37.9 Å². The Bertz CT molecular complexity index is 1150. The molecule has 5 rings (SSSR count). The summed E-state index contributed by atoms with van der Waals surface area (Å²) in [5, 5.41) is 9.84. The van der Waals surface area contributed by atoms with Gasteiger partial charge in [-0.15, -0.1) is 0 Å².